The molecule has 0 heterocycles. The van der Waals surface area contributed by atoms with Gasteiger partial charge >= 0.3 is 6.09 Å². The highest BCUT2D eigenvalue weighted by Crippen LogP contribution is 2.27. The molecule has 0 aromatic heterocycles. The molecule has 0 aliphatic carbocycles. The van der Waals surface area contributed by atoms with Gasteiger partial charge in [0.05, 0.1) is 0 Å². The molecule has 218 valence electrons. The van der Waals surface area contributed by atoms with Crippen molar-refractivity contribution < 1.29 is 19.1 Å². The number of alkyl carbamates (subject to hydrolysis) is 1. The van der Waals surface area contributed by atoms with Crippen molar-refractivity contribution in [2.24, 2.45) is 0 Å². The number of ether oxygens (including phenoxy) is 1. The second-order valence-corrected chi connectivity index (χ2v) is 11.7. The van der Waals surface area contributed by atoms with Crippen LogP contribution in [-0.4, -0.2) is 41.5 Å². The first-order valence-corrected chi connectivity index (χ1v) is 14.1. The molecule has 2 atom stereocenters. The third-order valence-electron chi connectivity index (χ3n) is 6.83. The summed E-state index contributed by atoms with van der Waals surface area (Å²) in [6, 6.07) is 27.0. The van der Waals surface area contributed by atoms with E-state index in [1.54, 1.807) is 27.8 Å². The number of hydrogen-bond acceptors (Lipinski definition) is 4. The summed E-state index contributed by atoms with van der Waals surface area (Å²) < 4.78 is 5.47. The summed E-state index contributed by atoms with van der Waals surface area (Å²) in [6.45, 7) is 9.21. The molecule has 0 fully saturated rings. The minimum atomic E-state index is -0.964. The van der Waals surface area contributed by atoms with Crippen LogP contribution in [0, 0.1) is 13.8 Å². The highest BCUT2D eigenvalue weighted by molar-refractivity contribution is 6.00. The molecule has 0 aliphatic heterocycles. The lowest BCUT2D eigenvalue weighted by Gasteiger charge is -2.32. The van der Waals surface area contributed by atoms with Gasteiger partial charge in [-0.15, -0.1) is 0 Å². The van der Waals surface area contributed by atoms with Gasteiger partial charge in [-0.2, -0.15) is 0 Å². The van der Waals surface area contributed by atoms with Gasteiger partial charge in [-0.1, -0.05) is 90.0 Å². The van der Waals surface area contributed by atoms with Gasteiger partial charge in [0.15, 0.2) is 0 Å². The lowest BCUT2D eigenvalue weighted by Crippen LogP contribution is -2.52. The molecule has 0 aliphatic rings. The van der Waals surface area contributed by atoms with Gasteiger partial charge in [0.1, 0.15) is 17.7 Å². The van der Waals surface area contributed by atoms with Gasteiger partial charge < -0.3 is 20.3 Å². The summed E-state index contributed by atoms with van der Waals surface area (Å²) in [4.78, 5) is 42.4. The smallest absolute Gasteiger partial charge is 0.408 e. The first-order chi connectivity index (χ1) is 19.9. The Morgan fingerprint density at radius 2 is 1.43 bits per heavy atom. The first-order valence-electron chi connectivity index (χ1n) is 14.1. The Bertz CT molecular complexity index is 1560. The molecule has 3 amide bonds. The molecule has 42 heavy (non-hydrogen) atoms. The second kappa shape index (κ2) is 12.9. The van der Waals surface area contributed by atoms with E-state index < -0.39 is 29.7 Å². The van der Waals surface area contributed by atoms with Crippen molar-refractivity contribution in [3.8, 4) is 0 Å². The number of aryl methyl sites for hydroxylation is 2. The lowest BCUT2D eigenvalue weighted by molar-refractivity contribution is -0.139. The number of nitrogens with zero attached hydrogens (tertiary/aromatic N) is 1. The van der Waals surface area contributed by atoms with Crippen LogP contribution in [0.4, 0.5) is 10.5 Å². The van der Waals surface area contributed by atoms with Crippen LogP contribution in [-0.2, 0) is 20.7 Å². The standard InChI is InChI=1S/C35H39N3O4/c1-23-18-24(2)20-28(19-23)31(32(39)36-29-17-16-26-14-10-11-15-27(26)22-29)38(6)33(40)30(21-25-12-8-7-9-13-25)37-34(41)42-35(3,4)5/h7-20,22,30-31H,21H2,1-6H3,(H,36,39)(H,37,41). The Hall–Kier alpha value is -4.65. The SMILES string of the molecule is Cc1cc(C)cc(C(C(=O)Nc2ccc3ccccc3c2)N(C)C(=O)C(Cc2ccccc2)NC(=O)OC(C)(C)C)c1. The van der Waals surface area contributed by atoms with Crippen LogP contribution in [0.2, 0.25) is 0 Å². The van der Waals surface area contributed by atoms with E-state index in [1.807, 2.05) is 105 Å². The predicted molar refractivity (Wildman–Crippen MR) is 167 cm³/mol. The summed E-state index contributed by atoms with van der Waals surface area (Å²) in [5, 5.41) is 7.83. The fraction of sp³-hybridized carbons (Fsp3) is 0.286. The Kier molecular flexibility index (Phi) is 9.31. The third-order valence-corrected chi connectivity index (χ3v) is 6.83. The van der Waals surface area contributed by atoms with Crippen LogP contribution in [0.5, 0.6) is 0 Å². The van der Waals surface area contributed by atoms with E-state index in [1.165, 1.54) is 4.90 Å². The third kappa shape index (κ3) is 7.97. The summed E-state index contributed by atoms with van der Waals surface area (Å²) in [6.07, 6.45) is -0.469. The van der Waals surface area contributed by atoms with Gasteiger partial charge in [0.2, 0.25) is 5.91 Å². The number of hydrogen-bond donors (Lipinski definition) is 2. The van der Waals surface area contributed by atoms with Crippen molar-refractivity contribution in [2.75, 3.05) is 12.4 Å². The maximum absolute atomic E-state index is 14.1. The quantitative estimate of drug-likeness (QED) is 0.248. The summed E-state index contributed by atoms with van der Waals surface area (Å²) in [5.41, 5.74) is 3.38. The molecule has 7 nitrogen and oxygen atoms in total. The Morgan fingerprint density at radius 3 is 2.07 bits per heavy atom. The van der Waals surface area contributed by atoms with Crippen molar-refractivity contribution in [1.82, 2.24) is 10.2 Å². The fourth-order valence-corrected chi connectivity index (χ4v) is 5.07. The van der Waals surface area contributed by atoms with E-state index in [4.69, 9.17) is 4.74 Å². The van der Waals surface area contributed by atoms with Crippen molar-refractivity contribution >= 4 is 34.4 Å². The van der Waals surface area contributed by atoms with Crippen molar-refractivity contribution in [3.63, 3.8) is 0 Å². The fourth-order valence-electron chi connectivity index (χ4n) is 5.07. The largest absolute Gasteiger partial charge is 0.444 e. The van der Waals surface area contributed by atoms with Gasteiger partial charge in [-0.05, 0) is 68.7 Å². The zero-order chi connectivity index (χ0) is 30.4. The molecule has 4 aromatic rings. The van der Waals surface area contributed by atoms with Crippen LogP contribution < -0.4 is 10.6 Å². The molecular weight excluding hydrogens is 526 g/mol. The monoisotopic (exact) mass is 565 g/mol. The number of amides is 3. The van der Waals surface area contributed by atoms with E-state index in [0.29, 0.717) is 11.3 Å². The van der Waals surface area contributed by atoms with E-state index in [9.17, 15) is 14.4 Å². The number of carbonyl (C=O) groups is 3. The molecular formula is C35H39N3O4. The van der Waals surface area contributed by atoms with Crippen LogP contribution in [0.3, 0.4) is 0 Å². The van der Waals surface area contributed by atoms with Crippen LogP contribution in [0.25, 0.3) is 10.8 Å². The average molecular weight is 566 g/mol. The van der Waals surface area contributed by atoms with E-state index >= 15 is 0 Å². The average Bonchev–Trinajstić information content (AvgIpc) is 2.91. The molecule has 0 bridgehead atoms. The Labute approximate surface area is 247 Å². The van der Waals surface area contributed by atoms with Gasteiger partial charge in [0, 0.05) is 19.2 Å². The van der Waals surface area contributed by atoms with Crippen molar-refractivity contribution in [3.05, 3.63) is 113 Å². The molecule has 2 unspecified atom stereocenters. The molecule has 0 saturated carbocycles. The van der Waals surface area contributed by atoms with Gasteiger partial charge in [-0.25, -0.2) is 4.79 Å². The second-order valence-electron chi connectivity index (χ2n) is 11.7. The van der Waals surface area contributed by atoms with Gasteiger partial charge in [0.25, 0.3) is 5.91 Å². The first kappa shape index (κ1) is 30.3. The number of benzene rings is 4. The molecule has 4 rings (SSSR count). The van der Waals surface area contributed by atoms with E-state index in [-0.39, 0.29) is 12.3 Å². The maximum Gasteiger partial charge on any atom is 0.408 e. The Morgan fingerprint density at radius 1 is 0.810 bits per heavy atom. The highest BCUT2D eigenvalue weighted by Gasteiger charge is 2.34. The van der Waals surface area contributed by atoms with Crippen LogP contribution in [0.1, 0.15) is 49.1 Å². The predicted octanol–water partition coefficient (Wildman–Crippen LogP) is 6.73. The van der Waals surface area contributed by atoms with E-state index in [2.05, 4.69) is 10.6 Å². The van der Waals surface area contributed by atoms with Crippen molar-refractivity contribution in [1.29, 1.82) is 0 Å². The lowest BCUT2D eigenvalue weighted by atomic mass is 9.98. The van der Waals surface area contributed by atoms with Gasteiger partial charge in [-0.3, -0.25) is 9.59 Å². The molecule has 0 spiro atoms. The zero-order valence-electron chi connectivity index (χ0n) is 25.1. The molecule has 7 heteroatoms. The molecule has 4 aromatic carbocycles. The molecule has 0 saturated heterocycles. The van der Waals surface area contributed by atoms with E-state index in [0.717, 1.165) is 27.5 Å². The highest BCUT2D eigenvalue weighted by atomic mass is 16.6. The number of fused-ring (bicyclic) bond motifs is 1. The van der Waals surface area contributed by atoms with Crippen molar-refractivity contribution in [2.45, 2.75) is 58.7 Å². The number of anilines is 1. The van der Waals surface area contributed by atoms with Crippen LogP contribution >= 0.6 is 0 Å². The summed E-state index contributed by atoms with van der Waals surface area (Å²) >= 11 is 0. The minimum Gasteiger partial charge on any atom is -0.444 e. The molecule has 0 radical (unpaired) electrons. The molecule has 2 N–H and O–H groups in total. The number of rotatable bonds is 8. The normalized spacial score (nSPS) is 12.7. The minimum absolute atomic E-state index is 0.231. The van der Waals surface area contributed by atoms with Crippen LogP contribution in [0.15, 0.2) is 91.0 Å². The summed E-state index contributed by atoms with van der Waals surface area (Å²) in [7, 11) is 1.60. The number of likely N-dealkylation sites (N-methyl/N-ethyl adjacent to an activating group) is 1. The maximum atomic E-state index is 14.1. The zero-order valence-corrected chi connectivity index (χ0v) is 25.1. The summed E-state index contributed by atoms with van der Waals surface area (Å²) in [5.74, 6) is -0.774. The topological polar surface area (TPSA) is 87.7 Å². The Balaban J connectivity index is 1.68. The number of carbonyl (C=O) groups excluding carboxylic acids is 3. The number of nitrogens with one attached hydrogen (secondary N) is 2.